The Hall–Kier alpha value is -2.56. The fourth-order valence-corrected chi connectivity index (χ4v) is 1.64. The van der Waals surface area contributed by atoms with Gasteiger partial charge in [-0.25, -0.2) is 9.78 Å². The van der Waals surface area contributed by atoms with Gasteiger partial charge in [0.1, 0.15) is 6.61 Å². The van der Waals surface area contributed by atoms with E-state index >= 15 is 0 Å². The predicted octanol–water partition coefficient (Wildman–Crippen LogP) is 2.42. The van der Waals surface area contributed by atoms with Crippen LogP contribution in [0.25, 0.3) is 0 Å². The van der Waals surface area contributed by atoms with Crippen LogP contribution in [0.3, 0.4) is 0 Å². The molecule has 20 heavy (non-hydrogen) atoms. The topological polar surface area (TPSA) is 74.4 Å². The molecule has 1 aromatic heterocycles. The van der Waals surface area contributed by atoms with Crippen molar-refractivity contribution >= 4 is 11.8 Å². The number of pyridine rings is 1. The van der Waals surface area contributed by atoms with Gasteiger partial charge in [-0.05, 0) is 36.8 Å². The summed E-state index contributed by atoms with van der Waals surface area (Å²) in [5.41, 5.74) is 7.14. The van der Waals surface area contributed by atoms with Gasteiger partial charge in [-0.3, -0.25) is 0 Å². The molecule has 0 aliphatic rings. The Labute approximate surface area is 117 Å². The third-order valence-corrected chi connectivity index (χ3v) is 2.66. The van der Waals surface area contributed by atoms with Crippen LogP contribution in [0.1, 0.15) is 22.8 Å². The van der Waals surface area contributed by atoms with Gasteiger partial charge in [0.05, 0.1) is 12.2 Å². The number of nitrogens with zero attached hydrogens (tertiary/aromatic N) is 1. The van der Waals surface area contributed by atoms with E-state index < -0.39 is 0 Å². The van der Waals surface area contributed by atoms with Crippen molar-refractivity contribution in [3.8, 4) is 5.75 Å². The lowest BCUT2D eigenvalue weighted by Gasteiger charge is -2.08. The molecule has 0 spiro atoms. The minimum Gasteiger partial charge on any atom is -0.485 e. The number of carbonyl (C=O) groups excluding carboxylic acids is 1. The van der Waals surface area contributed by atoms with Crippen molar-refractivity contribution in [2.75, 3.05) is 12.3 Å². The molecule has 5 heteroatoms. The number of nitrogens with two attached hydrogens (primary N) is 1. The standard InChI is InChI=1S/C15H16N2O3/c1-2-19-15(18)12-7-5-11(6-8-12)10-20-13-4-3-9-17-14(13)16/h3-9H,2,10H2,1H3,(H2,16,17). The summed E-state index contributed by atoms with van der Waals surface area (Å²) in [6.45, 7) is 2.50. The summed E-state index contributed by atoms with van der Waals surface area (Å²) in [7, 11) is 0. The van der Waals surface area contributed by atoms with E-state index in [-0.39, 0.29) is 5.97 Å². The van der Waals surface area contributed by atoms with E-state index in [1.807, 2.05) is 12.1 Å². The van der Waals surface area contributed by atoms with E-state index in [2.05, 4.69) is 4.98 Å². The number of hydrogen-bond acceptors (Lipinski definition) is 5. The molecule has 0 saturated heterocycles. The van der Waals surface area contributed by atoms with Gasteiger partial charge >= 0.3 is 5.97 Å². The maximum Gasteiger partial charge on any atom is 0.338 e. The molecular formula is C15H16N2O3. The highest BCUT2D eigenvalue weighted by atomic mass is 16.5. The Morgan fingerprint density at radius 3 is 2.65 bits per heavy atom. The van der Waals surface area contributed by atoms with E-state index in [1.165, 1.54) is 0 Å². The Morgan fingerprint density at radius 1 is 1.25 bits per heavy atom. The van der Waals surface area contributed by atoms with E-state index in [9.17, 15) is 4.79 Å². The molecule has 0 amide bonds. The fraction of sp³-hybridized carbons (Fsp3) is 0.200. The second kappa shape index (κ2) is 6.56. The highest BCUT2D eigenvalue weighted by Crippen LogP contribution is 2.18. The quantitative estimate of drug-likeness (QED) is 0.846. The van der Waals surface area contributed by atoms with Crippen molar-refractivity contribution in [2.45, 2.75) is 13.5 Å². The van der Waals surface area contributed by atoms with Gasteiger partial charge in [0.2, 0.25) is 0 Å². The molecule has 0 aliphatic carbocycles. The third-order valence-electron chi connectivity index (χ3n) is 2.66. The number of esters is 1. The molecule has 104 valence electrons. The van der Waals surface area contributed by atoms with Crippen LogP contribution >= 0.6 is 0 Å². The SMILES string of the molecule is CCOC(=O)c1ccc(COc2cccnc2N)cc1. The Balaban J connectivity index is 1.98. The summed E-state index contributed by atoms with van der Waals surface area (Å²) in [6.07, 6.45) is 1.61. The van der Waals surface area contributed by atoms with Crippen molar-refractivity contribution in [1.29, 1.82) is 0 Å². The van der Waals surface area contributed by atoms with Crippen LogP contribution in [0.5, 0.6) is 5.75 Å². The molecule has 2 aromatic rings. The monoisotopic (exact) mass is 272 g/mol. The first-order chi connectivity index (χ1) is 9.70. The molecule has 0 saturated carbocycles. The van der Waals surface area contributed by atoms with Crippen molar-refractivity contribution in [3.05, 3.63) is 53.7 Å². The number of rotatable bonds is 5. The first kappa shape index (κ1) is 13.9. The first-order valence-corrected chi connectivity index (χ1v) is 6.30. The Kier molecular flexibility index (Phi) is 4.55. The zero-order valence-electron chi connectivity index (χ0n) is 11.2. The third kappa shape index (κ3) is 3.47. The number of anilines is 1. The van der Waals surface area contributed by atoms with Crippen LogP contribution in [-0.4, -0.2) is 17.6 Å². The first-order valence-electron chi connectivity index (χ1n) is 6.30. The van der Waals surface area contributed by atoms with Gasteiger partial charge in [-0.1, -0.05) is 12.1 Å². The minimum absolute atomic E-state index is 0.323. The van der Waals surface area contributed by atoms with Gasteiger partial charge in [0, 0.05) is 6.20 Å². The Morgan fingerprint density at radius 2 is 2.00 bits per heavy atom. The summed E-state index contributed by atoms with van der Waals surface area (Å²) >= 11 is 0. The molecule has 5 nitrogen and oxygen atoms in total. The number of aromatic nitrogens is 1. The number of benzene rings is 1. The molecule has 1 heterocycles. The van der Waals surface area contributed by atoms with Crippen LogP contribution in [-0.2, 0) is 11.3 Å². The van der Waals surface area contributed by atoms with Gasteiger partial charge in [0.15, 0.2) is 11.6 Å². The molecular weight excluding hydrogens is 256 g/mol. The second-order valence-corrected chi connectivity index (χ2v) is 4.09. The van der Waals surface area contributed by atoms with Crippen molar-refractivity contribution < 1.29 is 14.3 Å². The molecule has 2 N–H and O–H groups in total. The normalized spacial score (nSPS) is 10.1. The maximum atomic E-state index is 11.5. The van der Waals surface area contributed by atoms with E-state index in [0.29, 0.717) is 30.3 Å². The largest absolute Gasteiger partial charge is 0.485 e. The number of nitrogen functional groups attached to an aromatic ring is 1. The summed E-state index contributed by atoms with van der Waals surface area (Å²) in [6, 6.07) is 10.6. The summed E-state index contributed by atoms with van der Waals surface area (Å²) in [5.74, 6) is 0.578. The molecule has 0 radical (unpaired) electrons. The van der Waals surface area contributed by atoms with Gasteiger partial charge in [-0.15, -0.1) is 0 Å². The molecule has 0 atom stereocenters. The van der Waals surface area contributed by atoms with E-state index in [4.69, 9.17) is 15.2 Å². The average Bonchev–Trinajstić information content (AvgIpc) is 2.47. The minimum atomic E-state index is -0.323. The van der Waals surface area contributed by atoms with E-state index in [1.54, 1.807) is 37.4 Å². The van der Waals surface area contributed by atoms with Crippen LogP contribution in [0, 0.1) is 0 Å². The number of carbonyl (C=O) groups is 1. The highest BCUT2D eigenvalue weighted by molar-refractivity contribution is 5.89. The zero-order chi connectivity index (χ0) is 14.4. The summed E-state index contributed by atoms with van der Waals surface area (Å²) in [4.78, 5) is 15.4. The number of ether oxygens (including phenoxy) is 2. The molecule has 0 unspecified atom stereocenters. The Bertz CT molecular complexity index is 582. The number of hydrogen-bond donors (Lipinski definition) is 1. The van der Waals surface area contributed by atoms with Crippen molar-refractivity contribution in [2.24, 2.45) is 0 Å². The lowest BCUT2D eigenvalue weighted by atomic mass is 10.1. The lowest BCUT2D eigenvalue weighted by Crippen LogP contribution is -2.05. The van der Waals surface area contributed by atoms with Gasteiger partial charge in [0.25, 0.3) is 0 Å². The fourth-order valence-electron chi connectivity index (χ4n) is 1.64. The molecule has 0 aliphatic heterocycles. The summed E-state index contributed by atoms with van der Waals surface area (Å²) in [5, 5.41) is 0. The zero-order valence-corrected chi connectivity index (χ0v) is 11.2. The molecule has 1 aromatic carbocycles. The van der Waals surface area contributed by atoms with Gasteiger partial charge in [-0.2, -0.15) is 0 Å². The molecule has 2 rings (SSSR count). The lowest BCUT2D eigenvalue weighted by molar-refractivity contribution is 0.0526. The molecule has 0 bridgehead atoms. The van der Waals surface area contributed by atoms with Gasteiger partial charge < -0.3 is 15.2 Å². The second-order valence-electron chi connectivity index (χ2n) is 4.09. The predicted molar refractivity (Wildman–Crippen MR) is 75.4 cm³/mol. The van der Waals surface area contributed by atoms with Crippen molar-refractivity contribution in [1.82, 2.24) is 4.98 Å². The van der Waals surface area contributed by atoms with Crippen LogP contribution < -0.4 is 10.5 Å². The summed E-state index contributed by atoms with van der Waals surface area (Å²) < 4.78 is 10.5. The van der Waals surface area contributed by atoms with Crippen LogP contribution in [0.4, 0.5) is 5.82 Å². The van der Waals surface area contributed by atoms with Crippen LogP contribution in [0.15, 0.2) is 42.6 Å². The van der Waals surface area contributed by atoms with E-state index in [0.717, 1.165) is 5.56 Å². The smallest absolute Gasteiger partial charge is 0.338 e. The highest BCUT2D eigenvalue weighted by Gasteiger charge is 2.06. The van der Waals surface area contributed by atoms with Crippen molar-refractivity contribution in [3.63, 3.8) is 0 Å². The van der Waals surface area contributed by atoms with Crippen LogP contribution in [0.2, 0.25) is 0 Å². The molecule has 0 fully saturated rings. The average molecular weight is 272 g/mol. The maximum absolute atomic E-state index is 11.5.